The highest BCUT2D eigenvalue weighted by Crippen LogP contribution is 2.30. The lowest BCUT2D eigenvalue weighted by Gasteiger charge is -2.08. The van der Waals surface area contributed by atoms with Crippen LogP contribution in [0.25, 0.3) is 0 Å². The van der Waals surface area contributed by atoms with Crippen LogP contribution in [-0.4, -0.2) is 20.1 Å². The second kappa shape index (κ2) is 3.23. The van der Waals surface area contributed by atoms with Crippen LogP contribution in [0.4, 0.5) is 11.4 Å². The molecule has 0 bridgehead atoms. The van der Waals surface area contributed by atoms with Gasteiger partial charge in [0.25, 0.3) is 0 Å². The number of hydrogen-bond donors (Lipinski definition) is 2. The molecule has 2 rings (SSSR count). The Balaban J connectivity index is 2.72. The van der Waals surface area contributed by atoms with Gasteiger partial charge in [-0.25, -0.2) is 8.42 Å². The van der Waals surface area contributed by atoms with E-state index in [9.17, 15) is 13.2 Å². The molecule has 0 radical (unpaired) electrons. The van der Waals surface area contributed by atoms with Crippen molar-refractivity contribution in [1.29, 1.82) is 0 Å². The molecule has 80 valence electrons. The molecule has 0 saturated carbocycles. The number of carbonyl (C=O) groups excluding carboxylic acids is 1. The lowest BCUT2D eigenvalue weighted by atomic mass is 10.2. The molecular formula is C9H10N2O3S. The third-order valence-electron chi connectivity index (χ3n) is 2.23. The van der Waals surface area contributed by atoms with Crippen LogP contribution in [0.5, 0.6) is 0 Å². The second-order valence-electron chi connectivity index (χ2n) is 3.34. The smallest absolute Gasteiger partial charge is 0.225 e. The van der Waals surface area contributed by atoms with Crippen LogP contribution in [0.2, 0.25) is 0 Å². The SMILES string of the molecule is Nc1cccc2c1S(=O)(=O)CCC(=O)N2. The van der Waals surface area contributed by atoms with Gasteiger partial charge in [0.05, 0.1) is 17.1 Å². The minimum atomic E-state index is -3.45. The highest BCUT2D eigenvalue weighted by molar-refractivity contribution is 7.91. The number of anilines is 2. The molecule has 0 saturated heterocycles. The molecule has 1 aromatic rings. The van der Waals surface area contributed by atoms with Gasteiger partial charge in [-0.15, -0.1) is 0 Å². The summed E-state index contributed by atoms with van der Waals surface area (Å²) in [5, 5.41) is 2.52. The van der Waals surface area contributed by atoms with E-state index in [-0.39, 0.29) is 34.4 Å². The predicted molar refractivity (Wildman–Crippen MR) is 56.2 cm³/mol. The molecule has 0 unspecified atom stereocenters. The number of rotatable bonds is 0. The largest absolute Gasteiger partial charge is 0.398 e. The molecule has 5 nitrogen and oxygen atoms in total. The van der Waals surface area contributed by atoms with Crippen LogP contribution in [0.1, 0.15) is 6.42 Å². The van der Waals surface area contributed by atoms with Gasteiger partial charge >= 0.3 is 0 Å². The van der Waals surface area contributed by atoms with Crippen LogP contribution in [0, 0.1) is 0 Å². The molecule has 0 fully saturated rings. The number of fused-ring (bicyclic) bond motifs is 1. The van der Waals surface area contributed by atoms with Gasteiger partial charge in [-0.1, -0.05) is 6.07 Å². The molecule has 0 atom stereocenters. The van der Waals surface area contributed by atoms with E-state index >= 15 is 0 Å². The minimum Gasteiger partial charge on any atom is -0.398 e. The Hall–Kier alpha value is -1.56. The molecule has 6 heteroatoms. The summed E-state index contributed by atoms with van der Waals surface area (Å²) in [6, 6.07) is 4.65. The fourth-order valence-electron chi connectivity index (χ4n) is 1.54. The molecule has 0 spiro atoms. The van der Waals surface area contributed by atoms with Crippen molar-refractivity contribution in [2.24, 2.45) is 0 Å². The van der Waals surface area contributed by atoms with Crippen LogP contribution in [0.15, 0.2) is 23.1 Å². The van der Waals surface area contributed by atoms with E-state index in [1.54, 1.807) is 6.07 Å². The molecule has 0 aliphatic carbocycles. The standard InChI is InChI=1S/C9H10N2O3S/c10-6-2-1-3-7-9(6)15(13,14)5-4-8(12)11-7/h1-3H,4-5,10H2,(H,11,12). The Labute approximate surface area is 87.2 Å². The summed E-state index contributed by atoms with van der Waals surface area (Å²) >= 11 is 0. The van der Waals surface area contributed by atoms with Crippen molar-refractivity contribution < 1.29 is 13.2 Å². The normalized spacial score (nSPS) is 18.8. The van der Waals surface area contributed by atoms with E-state index in [1.165, 1.54) is 12.1 Å². The van der Waals surface area contributed by atoms with Crippen molar-refractivity contribution in [1.82, 2.24) is 0 Å². The fraction of sp³-hybridized carbons (Fsp3) is 0.222. The van der Waals surface area contributed by atoms with Crippen molar-refractivity contribution in [3.8, 4) is 0 Å². The van der Waals surface area contributed by atoms with Gasteiger partial charge < -0.3 is 11.1 Å². The Bertz CT molecular complexity index is 522. The van der Waals surface area contributed by atoms with Crippen molar-refractivity contribution in [3.05, 3.63) is 18.2 Å². The van der Waals surface area contributed by atoms with Gasteiger partial charge in [0.15, 0.2) is 9.84 Å². The fourth-order valence-corrected chi connectivity index (χ4v) is 3.08. The lowest BCUT2D eigenvalue weighted by Crippen LogP contribution is -2.10. The van der Waals surface area contributed by atoms with E-state index in [1.807, 2.05) is 0 Å². The monoisotopic (exact) mass is 226 g/mol. The molecule has 0 aromatic heterocycles. The number of sulfone groups is 1. The number of benzene rings is 1. The summed E-state index contributed by atoms with van der Waals surface area (Å²) in [7, 11) is -3.45. The maximum absolute atomic E-state index is 11.8. The summed E-state index contributed by atoms with van der Waals surface area (Å²) < 4.78 is 23.6. The molecule has 1 amide bonds. The third kappa shape index (κ3) is 1.68. The van der Waals surface area contributed by atoms with E-state index in [0.29, 0.717) is 0 Å². The molecular weight excluding hydrogens is 216 g/mol. The first-order valence-corrected chi connectivity index (χ1v) is 6.07. The summed E-state index contributed by atoms with van der Waals surface area (Å²) in [5.41, 5.74) is 6.05. The molecule has 3 N–H and O–H groups in total. The highest BCUT2D eigenvalue weighted by atomic mass is 32.2. The maximum atomic E-state index is 11.8. The van der Waals surface area contributed by atoms with Crippen LogP contribution >= 0.6 is 0 Å². The van der Waals surface area contributed by atoms with Gasteiger partial charge in [-0.3, -0.25) is 4.79 Å². The molecule has 1 aromatic carbocycles. The van der Waals surface area contributed by atoms with Crippen molar-refractivity contribution in [2.45, 2.75) is 11.3 Å². The first-order valence-electron chi connectivity index (χ1n) is 4.42. The highest BCUT2D eigenvalue weighted by Gasteiger charge is 2.26. The van der Waals surface area contributed by atoms with Gasteiger partial charge in [-0.2, -0.15) is 0 Å². The summed E-state index contributed by atoms with van der Waals surface area (Å²) in [4.78, 5) is 11.3. The second-order valence-corrected chi connectivity index (χ2v) is 5.39. The summed E-state index contributed by atoms with van der Waals surface area (Å²) in [5.74, 6) is -0.497. The van der Waals surface area contributed by atoms with Crippen molar-refractivity contribution in [3.63, 3.8) is 0 Å². The molecule has 15 heavy (non-hydrogen) atoms. The van der Waals surface area contributed by atoms with E-state index in [0.717, 1.165) is 0 Å². The van der Waals surface area contributed by atoms with Gasteiger partial charge in [-0.05, 0) is 12.1 Å². The predicted octanol–water partition coefficient (Wildman–Crippen LogP) is 0.385. The zero-order valence-corrected chi connectivity index (χ0v) is 8.67. The van der Waals surface area contributed by atoms with Gasteiger partial charge in [0, 0.05) is 6.42 Å². The van der Waals surface area contributed by atoms with E-state index < -0.39 is 9.84 Å². The van der Waals surface area contributed by atoms with E-state index in [4.69, 9.17) is 5.73 Å². The topological polar surface area (TPSA) is 89.3 Å². The first-order chi connectivity index (χ1) is 7.00. The Kier molecular flexibility index (Phi) is 2.15. The minimum absolute atomic E-state index is 0.0313. The zero-order chi connectivity index (χ0) is 11.1. The number of amides is 1. The average Bonchev–Trinajstić information content (AvgIpc) is 2.25. The van der Waals surface area contributed by atoms with Crippen molar-refractivity contribution >= 4 is 27.1 Å². The van der Waals surface area contributed by atoms with Crippen molar-refractivity contribution in [2.75, 3.05) is 16.8 Å². The van der Waals surface area contributed by atoms with Gasteiger partial charge in [0.1, 0.15) is 4.90 Å². The van der Waals surface area contributed by atoms with Crippen LogP contribution in [-0.2, 0) is 14.6 Å². The van der Waals surface area contributed by atoms with Crippen LogP contribution < -0.4 is 11.1 Å². The molecule has 1 aliphatic heterocycles. The van der Waals surface area contributed by atoms with Crippen LogP contribution in [0.3, 0.4) is 0 Å². The molecule has 1 heterocycles. The number of nitrogen functional groups attached to an aromatic ring is 1. The zero-order valence-electron chi connectivity index (χ0n) is 7.86. The third-order valence-corrected chi connectivity index (χ3v) is 4.05. The maximum Gasteiger partial charge on any atom is 0.225 e. The Morgan fingerprint density at radius 3 is 2.80 bits per heavy atom. The average molecular weight is 226 g/mol. The summed E-state index contributed by atoms with van der Waals surface area (Å²) in [6.45, 7) is 0. The number of nitrogens with two attached hydrogens (primary N) is 1. The van der Waals surface area contributed by atoms with E-state index in [2.05, 4.69) is 5.32 Å². The Morgan fingerprint density at radius 2 is 2.07 bits per heavy atom. The van der Waals surface area contributed by atoms with Gasteiger partial charge in [0.2, 0.25) is 5.91 Å². The quantitative estimate of drug-likeness (QED) is 0.626. The summed E-state index contributed by atoms with van der Waals surface area (Å²) in [6.07, 6.45) is -0.0313. The Morgan fingerprint density at radius 1 is 1.33 bits per heavy atom. The lowest BCUT2D eigenvalue weighted by molar-refractivity contribution is -0.115. The number of hydrogen-bond acceptors (Lipinski definition) is 4. The number of nitrogens with one attached hydrogen (secondary N) is 1. The first kappa shape index (κ1) is 9.97. The molecule has 1 aliphatic rings. The number of carbonyl (C=O) groups is 1.